The Balaban J connectivity index is 1.81. The average Bonchev–Trinajstić information content (AvgIpc) is 3.16. The molecule has 0 spiro atoms. The van der Waals surface area contributed by atoms with Gasteiger partial charge in [0, 0.05) is 25.7 Å². The summed E-state index contributed by atoms with van der Waals surface area (Å²) in [7, 11) is -1.90. The smallest absolute Gasteiger partial charge is 0.262 e. The van der Waals surface area contributed by atoms with Crippen molar-refractivity contribution >= 4 is 27.3 Å². The molecule has 0 aliphatic carbocycles. The minimum absolute atomic E-state index is 0.0940. The molecule has 0 saturated carbocycles. The molecule has 26 heavy (non-hydrogen) atoms. The van der Waals surface area contributed by atoms with E-state index in [4.69, 9.17) is 0 Å². The molecule has 1 amide bonds. The Hall–Kier alpha value is -1.74. The number of amides is 1. The van der Waals surface area contributed by atoms with Crippen LogP contribution in [0.15, 0.2) is 40.6 Å². The van der Waals surface area contributed by atoms with Gasteiger partial charge in [-0.25, -0.2) is 8.42 Å². The van der Waals surface area contributed by atoms with Crippen LogP contribution in [0, 0.1) is 0 Å². The summed E-state index contributed by atoms with van der Waals surface area (Å²) in [6.07, 6.45) is 0.681. The zero-order valence-corrected chi connectivity index (χ0v) is 16.5. The van der Waals surface area contributed by atoms with Crippen molar-refractivity contribution in [3.05, 3.63) is 51.7 Å². The first-order chi connectivity index (χ1) is 12.4. The van der Waals surface area contributed by atoms with Gasteiger partial charge in [-0.3, -0.25) is 4.79 Å². The van der Waals surface area contributed by atoms with Gasteiger partial charge in [0.15, 0.2) is 0 Å². The predicted molar refractivity (Wildman–Crippen MR) is 103 cm³/mol. The van der Waals surface area contributed by atoms with Crippen LogP contribution in [0.1, 0.15) is 27.7 Å². The van der Waals surface area contributed by atoms with Crippen LogP contribution < -0.4 is 10.6 Å². The van der Waals surface area contributed by atoms with Gasteiger partial charge in [-0.15, -0.1) is 11.3 Å². The van der Waals surface area contributed by atoms with E-state index in [2.05, 4.69) is 10.6 Å². The number of fused-ring (bicyclic) bond motifs is 1. The van der Waals surface area contributed by atoms with Crippen LogP contribution >= 0.6 is 11.3 Å². The molecule has 6 nitrogen and oxygen atoms in total. The summed E-state index contributed by atoms with van der Waals surface area (Å²) in [4.78, 5) is 12.8. The van der Waals surface area contributed by atoms with Gasteiger partial charge in [0.05, 0.1) is 0 Å². The van der Waals surface area contributed by atoms with Crippen molar-refractivity contribution in [3.8, 4) is 0 Å². The van der Waals surface area contributed by atoms with Gasteiger partial charge in [-0.05, 0) is 43.0 Å². The third-order valence-electron chi connectivity index (χ3n) is 4.61. The molecule has 1 aliphatic heterocycles. The Labute approximate surface area is 158 Å². The molecular formula is C18H23N3O3S2. The highest BCUT2D eigenvalue weighted by atomic mass is 32.2. The normalized spacial score (nSPS) is 16.1. The lowest BCUT2D eigenvalue weighted by atomic mass is 10.0. The number of sulfonamides is 1. The Kier molecular flexibility index (Phi) is 5.76. The van der Waals surface area contributed by atoms with Crippen LogP contribution in [0.5, 0.6) is 0 Å². The number of likely N-dealkylation sites (N-methyl/N-ethyl adjacent to an activating group) is 1. The third kappa shape index (κ3) is 3.83. The third-order valence-corrected chi connectivity index (χ3v) is 7.54. The van der Waals surface area contributed by atoms with Crippen LogP contribution in [0.25, 0.3) is 0 Å². The SMILES string of the molecule is CNC(C)CNC(=O)c1sccc1S(=O)(=O)N1CCc2ccccc2C1. The molecule has 1 aliphatic rings. The Morgan fingerprint density at radius 1 is 1.27 bits per heavy atom. The van der Waals surface area contributed by atoms with Gasteiger partial charge in [-0.1, -0.05) is 24.3 Å². The molecule has 0 saturated heterocycles. The van der Waals surface area contributed by atoms with Gasteiger partial charge in [0.25, 0.3) is 5.91 Å². The van der Waals surface area contributed by atoms with E-state index in [1.165, 1.54) is 15.9 Å². The van der Waals surface area contributed by atoms with Crippen molar-refractivity contribution in [1.29, 1.82) is 0 Å². The number of nitrogens with one attached hydrogen (secondary N) is 2. The highest BCUT2D eigenvalue weighted by molar-refractivity contribution is 7.89. The van der Waals surface area contributed by atoms with Gasteiger partial charge in [0.2, 0.25) is 10.0 Å². The van der Waals surface area contributed by atoms with Crippen LogP contribution in [-0.4, -0.2) is 44.8 Å². The van der Waals surface area contributed by atoms with Crippen molar-refractivity contribution in [3.63, 3.8) is 0 Å². The van der Waals surface area contributed by atoms with E-state index in [-0.39, 0.29) is 21.7 Å². The number of thiophene rings is 1. The van der Waals surface area contributed by atoms with Gasteiger partial charge in [0.1, 0.15) is 9.77 Å². The summed E-state index contributed by atoms with van der Waals surface area (Å²) in [6.45, 7) is 3.14. The number of benzene rings is 1. The number of carbonyl (C=O) groups is 1. The molecule has 0 bridgehead atoms. The predicted octanol–water partition coefficient (Wildman–Crippen LogP) is 1.83. The van der Waals surface area contributed by atoms with Crippen molar-refractivity contribution in [2.75, 3.05) is 20.1 Å². The monoisotopic (exact) mass is 393 g/mol. The van der Waals surface area contributed by atoms with E-state index < -0.39 is 10.0 Å². The molecule has 0 radical (unpaired) electrons. The lowest BCUT2D eigenvalue weighted by Gasteiger charge is -2.28. The number of hydrogen-bond donors (Lipinski definition) is 2. The quantitative estimate of drug-likeness (QED) is 0.785. The fraction of sp³-hybridized carbons (Fsp3) is 0.389. The first kappa shape index (κ1) is 19.0. The van der Waals surface area contributed by atoms with Gasteiger partial charge in [-0.2, -0.15) is 4.31 Å². The second kappa shape index (κ2) is 7.87. The summed E-state index contributed by atoms with van der Waals surface area (Å²) in [5.41, 5.74) is 2.20. The molecule has 1 atom stereocenters. The number of nitrogens with zero attached hydrogens (tertiary/aromatic N) is 1. The molecule has 0 fully saturated rings. The molecule has 2 aromatic rings. The molecule has 1 unspecified atom stereocenters. The van der Waals surface area contributed by atoms with Crippen LogP contribution in [0.4, 0.5) is 0 Å². The summed E-state index contributed by atoms with van der Waals surface area (Å²) < 4.78 is 27.7. The number of carbonyl (C=O) groups excluding carboxylic acids is 1. The fourth-order valence-electron chi connectivity index (χ4n) is 2.91. The molecule has 1 aromatic heterocycles. The maximum Gasteiger partial charge on any atom is 0.262 e. The van der Waals surface area contributed by atoms with E-state index in [9.17, 15) is 13.2 Å². The maximum absolute atomic E-state index is 13.1. The first-order valence-corrected chi connectivity index (χ1v) is 10.9. The Morgan fingerprint density at radius 2 is 2.00 bits per heavy atom. The largest absolute Gasteiger partial charge is 0.350 e. The van der Waals surface area contributed by atoms with E-state index in [1.54, 1.807) is 5.38 Å². The molecule has 3 rings (SSSR count). The van der Waals surface area contributed by atoms with E-state index in [1.807, 2.05) is 38.2 Å². The highest BCUT2D eigenvalue weighted by Crippen LogP contribution is 2.29. The second-order valence-corrected chi connectivity index (χ2v) is 9.19. The van der Waals surface area contributed by atoms with Crippen LogP contribution in [0.3, 0.4) is 0 Å². The van der Waals surface area contributed by atoms with Gasteiger partial charge < -0.3 is 10.6 Å². The fourth-order valence-corrected chi connectivity index (χ4v) is 5.64. The van der Waals surface area contributed by atoms with Crippen molar-refractivity contribution in [1.82, 2.24) is 14.9 Å². The average molecular weight is 394 g/mol. The minimum atomic E-state index is -3.71. The van der Waals surface area contributed by atoms with E-state index in [0.29, 0.717) is 26.1 Å². The Morgan fingerprint density at radius 3 is 2.73 bits per heavy atom. The summed E-state index contributed by atoms with van der Waals surface area (Å²) in [5, 5.41) is 7.48. The summed E-state index contributed by atoms with van der Waals surface area (Å²) in [5.74, 6) is -0.349. The zero-order valence-electron chi connectivity index (χ0n) is 14.9. The summed E-state index contributed by atoms with van der Waals surface area (Å²) in [6, 6.07) is 9.51. The lowest BCUT2D eigenvalue weighted by molar-refractivity contribution is 0.0951. The van der Waals surface area contributed by atoms with Crippen LogP contribution in [0.2, 0.25) is 0 Å². The summed E-state index contributed by atoms with van der Waals surface area (Å²) >= 11 is 1.16. The zero-order chi connectivity index (χ0) is 18.7. The Bertz CT molecular complexity index is 893. The number of rotatable bonds is 6. The molecule has 2 heterocycles. The molecule has 2 N–H and O–H groups in total. The topological polar surface area (TPSA) is 78.5 Å². The lowest BCUT2D eigenvalue weighted by Crippen LogP contribution is -2.39. The highest BCUT2D eigenvalue weighted by Gasteiger charge is 2.32. The van der Waals surface area contributed by atoms with Crippen molar-refractivity contribution in [2.45, 2.75) is 30.8 Å². The van der Waals surface area contributed by atoms with Gasteiger partial charge >= 0.3 is 0 Å². The number of hydrogen-bond acceptors (Lipinski definition) is 5. The molecule has 1 aromatic carbocycles. The molecule has 8 heteroatoms. The first-order valence-electron chi connectivity index (χ1n) is 8.53. The van der Waals surface area contributed by atoms with E-state index >= 15 is 0 Å². The maximum atomic E-state index is 13.1. The standard InChI is InChI=1S/C18H23N3O3S2/c1-13(19-2)11-20-18(22)17-16(8-10-25-17)26(23,24)21-9-7-14-5-3-4-6-15(14)12-21/h3-6,8,10,13,19H,7,9,11-12H2,1-2H3,(H,20,22). The molecule has 140 valence electrons. The minimum Gasteiger partial charge on any atom is -0.350 e. The van der Waals surface area contributed by atoms with Crippen molar-refractivity contribution < 1.29 is 13.2 Å². The van der Waals surface area contributed by atoms with E-state index in [0.717, 1.165) is 16.9 Å². The molecular weight excluding hydrogens is 370 g/mol. The van der Waals surface area contributed by atoms with Crippen LogP contribution in [-0.2, 0) is 23.0 Å². The second-order valence-electron chi connectivity index (χ2n) is 6.37. The van der Waals surface area contributed by atoms with Crippen molar-refractivity contribution in [2.24, 2.45) is 0 Å².